The SMILES string of the molecule is CC(C)N(C)C(=O)N(C)CC1CC=CCC1. The highest BCUT2D eigenvalue weighted by Crippen LogP contribution is 2.19. The fourth-order valence-electron chi connectivity index (χ4n) is 1.98. The Balaban J connectivity index is 2.41. The molecule has 0 saturated carbocycles. The fraction of sp³-hybridized carbons (Fsp3) is 0.769. The van der Waals surface area contributed by atoms with Gasteiger partial charge >= 0.3 is 6.03 Å². The lowest BCUT2D eigenvalue weighted by Gasteiger charge is -2.30. The molecule has 0 fully saturated rings. The molecule has 1 aliphatic carbocycles. The number of carbonyl (C=O) groups is 1. The second-order valence-corrected chi connectivity index (χ2v) is 5.02. The van der Waals surface area contributed by atoms with Gasteiger partial charge in [-0.05, 0) is 39.0 Å². The van der Waals surface area contributed by atoms with Gasteiger partial charge in [-0.1, -0.05) is 12.2 Å². The maximum absolute atomic E-state index is 12.0. The average molecular weight is 224 g/mol. The molecule has 0 saturated heterocycles. The number of urea groups is 1. The normalized spacial score (nSPS) is 19.9. The summed E-state index contributed by atoms with van der Waals surface area (Å²) in [6, 6.07) is 0.394. The molecule has 3 nitrogen and oxygen atoms in total. The standard InChI is InChI=1S/C13H24N2O/c1-11(2)15(4)13(16)14(3)10-12-8-6-5-7-9-12/h5-6,11-12H,7-10H2,1-4H3. The highest BCUT2D eigenvalue weighted by molar-refractivity contribution is 5.74. The van der Waals surface area contributed by atoms with Crippen molar-refractivity contribution in [3.05, 3.63) is 12.2 Å². The lowest BCUT2D eigenvalue weighted by atomic mass is 9.94. The van der Waals surface area contributed by atoms with Gasteiger partial charge in [0.05, 0.1) is 0 Å². The van der Waals surface area contributed by atoms with E-state index in [1.165, 1.54) is 6.42 Å². The highest BCUT2D eigenvalue weighted by atomic mass is 16.2. The summed E-state index contributed by atoms with van der Waals surface area (Å²) in [6.07, 6.45) is 7.95. The quantitative estimate of drug-likeness (QED) is 0.676. The summed E-state index contributed by atoms with van der Waals surface area (Å²) < 4.78 is 0. The summed E-state index contributed by atoms with van der Waals surface area (Å²) in [5.74, 6) is 0.638. The van der Waals surface area contributed by atoms with Crippen LogP contribution in [-0.4, -0.2) is 42.5 Å². The Morgan fingerprint density at radius 2 is 2.06 bits per heavy atom. The first kappa shape index (κ1) is 13.1. The molecule has 92 valence electrons. The molecule has 3 heteroatoms. The zero-order valence-corrected chi connectivity index (χ0v) is 10.9. The maximum atomic E-state index is 12.0. The van der Waals surface area contributed by atoms with Crippen molar-refractivity contribution in [3.8, 4) is 0 Å². The monoisotopic (exact) mass is 224 g/mol. The van der Waals surface area contributed by atoms with Gasteiger partial charge in [-0.25, -0.2) is 4.79 Å². The molecule has 0 N–H and O–H groups in total. The van der Waals surface area contributed by atoms with E-state index < -0.39 is 0 Å². The van der Waals surface area contributed by atoms with E-state index >= 15 is 0 Å². The van der Waals surface area contributed by atoms with Crippen molar-refractivity contribution < 1.29 is 4.79 Å². The Kier molecular flexibility index (Phi) is 4.84. The lowest BCUT2D eigenvalue weighted by molar-refractivity contribution is 0.154. The second kappa shape index (κ2) is 5.92. The molecule has 0 spiro atoms. The van der Waals surface area contributed by atoms with Gasteiger partial charge < -0.3 is 9.80 Å². The Morgan fingerprint density at radius 1 is 1.38 bits per heavy atom. The number of carbonyl (C=O) groups excluding carboxylic acids is 1. The van der Waals surface area contributed by atoms with Crippen LogP contribution in [0.25, 0.3) is 0 Å². The predicted octanol–water partition coefficient (Wildman–Crippen LogP) is 2.73. The molecule has 0 radical (unpaired) electrons. The summed E-state index contributed by atoms with van der Waals surface area (Å²) in [5.41, 5.74) is 0. The minimum absolute atomic E-state index is 0.129. The van der Waals surface area contributed by atoms with Crippen LogP contribution in [0.3, 0.4) is 0 Å². The van der Waals surface area contributed by atoms with Crippen molar-refractivity contribution in [2.75, 3.05) is 20.6 Å². The van der Waals surface area contributed by atoms with Crippen LogP contribution in [0.15, 0.2) is 12.2 Å². The van der Waals surface area contributed by atoms with E-state index in [0.29, 0.717) is 5.92 Å². The van der Waals surface area contributed by atoms with Crippen molar-refractivity contribution in [2.45, 2.75) is 39.2 Å². The first-order chi connectivity index (χ1) is 7.52. The molecule has 0 heterocycles. The summed E-state index contributed by atoms with van der Waals surface area (Å²) >= 11 is 0. The molecule has 1 rings (SSSR count). The van der Waals surface area contributed by atoms with Crippen LogP contribution < -0.4 is 0 Å². The minimum atomic E-state index is 0.129. The fourth-order valence-corrected chi connectivity index (χ4v) is 1.98. The van der Waals surface area contributed by atoms with Gasteiger partial charge in [-0.3, -0.25) is 0 Å². The van der Waals surface area contributed by atoms with Crippen LogP contribution in [0.5, 0.6) is 0 Å². The summed E-state index contributed by atoms with van der Waals surface area (Å²) in [5, 5.41) is 0. The van der Waals surface area contributed by atoms with E-state index in [2.05, 4.69) is 12.2 Å². The number of hydrogen-bond donors (Lipinski definition) is 0. The van der Waals surface area contributed by atoms with Gasteiger partial charge in [0.2, 0.25) is 0 Å². The Labute approximate surface area is 99.1 Å². The molecule has 0 aromatic heterocycles. The zero-order valence-electron chi connectivity index (χ0n) is 10.9. The van der Waals surface area contributed by atoms with Crippen LogP contribution in [0.4, 0.5) is 4.79 Å². The molecule has 2 amide bonds. The van der Waals surface area contributed by atoms with E-state index in [0.717, 1.165) is 19.4 Å². The number of amides is 2. The van der Waals surface area contributed by atoms with Crippen molar-refractivity contribution in [1.82, 2.24) is 9.80 Å². The molecule has 0 aliphatic heterocycles. The average Bonchev–Trinajstić information content (AvgIpc) is 2.28. The Bertz CT molecular complexity index is 261. The van der Waals surface area contributed by atoms with Crippen LogP contribution in [0.2, 0.25) is 0 Å². The molecule has 0 bridgehead atoms. The molecule has 0 aromatic rings. The molecular formula is C13H24N2O. The van der Waals surface area contributed by atoms with Gasteiger partial charge in [-0.2, -0.15) is 0 Å². The lowest BCUT2D eigenvalue weighted by Crippen LogP contribution is -2.44. The van der Waals surface area contributed by atoms with Gasteiger partial charge in [0.15, 0.2) is 0 Å². The summed E-state index contributed by atoms with van der Waals surface area (Å²) in [7, 11) is 3.77. The Hall–Kier alpha value is -0.990. The first-order valence-electron chi connectivity index (χ1n) is 6.15. The number of rotatable bonds is 3. The molecule has 0 aromatic carbocycles. The van der Waals surface area contributed by atoms with Crippen LogP contribution >= 0.6 is 0 Å². The molecule has 16 heavy (non-hydrogen) atoms. The summed E-state index contributed by atoms with van der Waals surface area (Å²) in [6.45, 7) is 4.95. The van der Waals surface area contributed by atoms with Crippen molar-refractivity contribution in [1.29, 1.82) is 0 Å². The molecular weight excluding hydrogens is 200 g/mol. The van der Waals surface area contributed by atoms with E-state index in [-0.39, 0.29) is 12.1 Å². The first-order valence-corrected chi connectivity index (χ1v) is 6.15. The van der Waals surface area contributed by atoms with Crippen LogP contribution in [-0.2, 0) is 0 Å². The number of hydrogen-bond acceptors (Lipinski definition) is 1. The van der Waals surface area contributed by atoms with Crippen molar-refractivity contribution in [2.24, 2.45) is 5.92 Å². The predicted molar refractivity (Wildman–Crippen MR) is 67.4 cm³/mol. The topological polar surface area (TPSA) is 23.6 Å². The van der Waals surface area contributed by atoms with Gasteiger partial charge in [0.1, 0.15) is 0 Å². The van der Waals surface area contributed by atoms with Crippen molar-refractivity contribution >= 4 is 6.03 Å². The molecule has 1 unspecified atom stereocenters. The highest BCUT2D eigenvalue weighted by Gasteiger charge is 2.20. The maximum Gasteiger partial charge on any atom is 0.319 e. The third kappa shape index (κ3) is 3.54. The second-order valence-electron chi connectivity index (χ2n) is 5.02. The summed E-state index contributed by atoms with van der Waals surface area (Å²) in [4.78, 5) is 15.6. The third-order valence-electron chi connectivity index (χ3n) is 3.31. The van der Waals surface area contributed by atoms with Crippen LogP contribution in [0.1, 0.15) is 33.1 Å². The zero-order chi connectivity index (χ0) is 12.1. The van der Waals surface area contributed by atoms with Crippen LogP contribution in [0, 0.1) is 5.92 Å². The third-order valence-corrected chi connectivity index (χ3v) is 3.31. The van der Waals surface area contributed by atoms with Gasteiger partial charge in [0.25, 0.3) is 0 Å². The minimum Gasteiger partial charge on any atom is -0.327 e. The smallest absolute Gasteiger partial charge is 0.319 e. The van der Waals surface area contributed by atoms with E-state index in [1.807, 2.05) is 32.8 Å². The van der Waals surface area contributed by atoms with Gasteiger partial charge in [0, 0.05) is 26.7 Å². The number of nitrogens with zero attached hydrogens (tertiary/aromatic N) is 2. The van der Waals surface area contributed by atoms with E-state index in [1.54, 1.807) is 4.90 Å². The molecule has 1 atom stereocenters. The molecule has 1 aliphatic rings. The largest absolute Gasteiger partial charge is 0.327 e. The number of allylic oxidation sites excluding steroid dienone is 2. The van der Waals surface area contributed by atoms with Crippen molar-refractivity contribution in [3.63, 3.8) is 0 Å². The Morgan fingerprint density at radius 3 is 2.56 bits per heavy atom. The van der Waals surface area contributed by atoms with Gasteiger partial charge in [-0.15, -0.1) is 0 Å². The van der Waals surface area contributed by atoms with E-state index in [9.17, 15) is 4.79 Å². The van der Waals surface area contributed by atoms with E-state index in [4.69, 9.17) is 0 Å².